The summed E-state index contributed by atoms with van der Waals surface area (Å²) in [6, 6.07) is 15.9. The molecule has 0 spiro atoms. The summed E-state index contributed by atoms with van der Waals surface area (Å²) in [6.07, 6.45) is 0.886. The number of carbonyl (C=O) groups excluding carboxylic acids is 1. The van der Waals surface area contributed by atoms with E-state index >= 15 is 0 Å². The molecule has 1 aliphatic heterocycles. The predicted octanol–water partition coefficient (Wildman–Crippen LogP) is 3.16. The Morgan fingerprint density at radius 3 is 2.86 bits per heavy atom. The molecule has 1 unspecified atom stereocenters. The lowest BCUT2D eigenvalue weighted by Crippen LogP contribution is -2.27. The van der Waals surface area contributed by atoms with Crippen LogP contribution in [-0.2, 0) is 6.42 Å². The summed E-state index contributed by atoms with van der Waals surface area (Å²) in [5.74, 6) is 1.18. The van der Waals surface area contributed by atoms with Crippen LogP contribution in [0.1, 0.15) is 34.3 Å². The summed E-state index contributed by atoms with van der Waals surface area (Å²) < 4.78 is 5.46. The monoisotopic (exact) mass is 281 g/mol. The first-order valence-electron chi connectivity index (χ1n) is 7.33. The Bertz CT molecular complexity index is 637. The van der Waals surface area contributed by atoms with Crippen LogP contribution in [0, 0.1) is 0 Å². The Labute approximate surface area is 124 Å². The molecule has 21 heavy (non-hydrogen) atoms. The van der Waals surface area contributed by atoms with Crippen molar-refractivity contribution in [2.45, 2.75) is 19.3 Å². The molecule has 3 nitrogen and oxygen atoms in total. The van der Waals surface area contributed by atoms with Gasteiger partial charge < -0.3 is 10.1 Å². The molecule has 1 amide bonds. The number of rotatable bonds is 4. The average molecular weight is 281 g/mol. The lowest BCUT2D eigenvalue weighted by Gasteiger charge is -2.13. The summed E-state index contributed by atoms with van der Waals surface area (Å²) in [4.78, 5) is 12.2. The summed E-state index contributed by atoms with van der Waals surface area (Å²) >= 11 is 0. The van der Waals surface area contributed by atoms with Crippen molar-refractivity contribution in [3.63, 3.8) is 0 Å². The van der Waals surface area contributed by atoms with Gasteiger partial charge in [0.25, 0.3) is 5.91 Å². The molecule has 2 aromatic rings. The Morgan fingerprint density at radius 2 is 2.05 bits per heavy atom. The van der Waals surface area contributed by atoms with Crippen molar-refractivity contribution >= 4 is 5.91 Å². The maximum atomic E-state index is 12.2. The van der Waals surface area contributed by atoms with Crippen LogP contribution in [0.15, 0.2) is 48.5 Å². The van der Waals surface area contributed by atoms with Crippen molar-refractivity contribution in [1.29, 1.82) is 0 Å². The molecule has 0 saturated carbocycles. The van der Waals surface area contributed by atoms with Gasteiger partial charge in [-0.05, 0) is 35.2 Å². The van der Waals surface area contributed by atoms with Gasteiger partial charge in [0.1, 0.15) is 5.75 Å². The second-order valence-electron chi connectivity index (χ2n) is 5.44. The molecule has 1 aliphatic rings. The van der Waals surface area contributed by atoms with Gasteiger partial charge in [0.05, 0.1) is 6.61 Å². The van der Waals surface area contributed by atoms with E-state index in [4.69, 9.17) is 4.74 Å². The van der Waals surface area contributed by atoms with E-state index in [9.17, 15) is 4.79 Å². The van der Waals surface area contributed by atoms with E-state index in [0.717, 1.165) is 17.7 Å². The minimum atomic E-state index is -0.0209. The minimum absolute atomic E-state index is 0.0209. The lowest BCUT2D eigenvalue weighted by atomic mass is 10.0. The first-order chi connectivity index (χ1) is 10.2. The van der Waals surface area contributed by atoms with Crippen LogP contribution >= 0.6 is 0 Å². The van der Waals surface area contributed by atoms with Gasteiger partial charge in [0.2, 0.25) is 0 Å². The van der Waals surface area contributed by atoms with Crippen molar-refractivity contribution in [3.05, 3.63) is 65.2 Å². The molecule has 1 heterocycles. The normalized spacial score (nSPS) is 14.1. The Morgan fingerprint density at radius 1 is 1.24 bits per heavy atom. The van der Waals surface area contributed by atoms with E-state index < -0.39 is 0 Å². The van der Waals surface area contributed by atoms with Gasteiger partial charge in [-0.15, -0.1) is 0 Å². The van der Waals surface area contributed by atoms with Crippen LogP contribution in [0.4, 0.5) is 0 Å². The first-order valence-corrected chi connectivity index (χ1v) is 7.33. The van der Waals surface area contributed by atoms with Gasteiger partial charge in [-0.2, -0.15) is 0 Å². The predicted molar refractivity (Wildman–Crippen MR) is 82.8 cm³/mol. The van der Waals surface area contributed by atoms with Crippen molar-refractivity contribution in [3.8, 4) is 5.75 Å². The summed E-state index contributed by atoms with van der Waals surface area (Å²) in [7, 11) is 0. The molecule has 0 aliphatic carbocycles. The van der Waals surface area contributed by atoms with Gasteiger partial charge >= 0.3 is 0 Å². The quantitative estimate of drug-likeness (QED) is 0.935. The highest BCUT2D eigenvalue weighted by molar-refractivity contribution is 5.94. The SMILES string of the molecule is CC(CNC(=O)c1ccc2c(c1)CCO2)c1ccccc1. The van der Waals surface area contributed by atoms with Gasteiger partial charge in [0, 0.05) is 18.5 Å². The van der Waals surface area contributed by atoms with E-state index in [1.165, 1.54) is 5.56 Å². The fourth-order valence-electron chi connectivity index (χ4n) is 2.58. The molecule has 0 fully saturated rings. The molecule has 1 N–H and O–H groups in total. The fraction of sp³-hybridized carbons (Fsp3) is 0.278. The lowest BCUT2D eigenvalue weighted by molar-refractivity contribution is 0.0951. The van der Waals surface area contributed by atoms with E-state index in [1.807, 2.05) is 36.4 Å². The van der Waals surface area contributed by atoms with Gasteiger partial charge in [-0.3, -0.25) is 4.79 Å². The maximum absolute atomic E-state index is 12.2. The fourth-order valence-corrected chi connectivity index (χ4v) is 2.58. The van der Waals surface area contributed by atoms with Crippen LogP contribution in [0.25, 0.3) is 0 Å². The maximum Gasteiger partial charge on any atom is 0.251 e. The highest BCUT2D eigenvalue weighted by Crippen LogP contribution is 2.25. The summed E-state index contributed by atoms with van der Waals surface area (Å²) in [5, 5.41) is 3.01. The highest BCUT2D eigenvalue weighted by Gasteiger charge is 2.15. The van der Waals surface area contributed by atoms with E-state index in [1.54, 1.807) is 0 Å². The van der Waals surface area contributed by atoms with E-state index in [0.29, 0.717) is 24.6 Å². The van der Waals surface area contributed by atoms with Crippen LogP contribution in [0.3, 0.4) is 0 Å². The topological polar surface area (TPSA) is 38.3 Å². The minimum Gasteiger partial charge on any atom is -0.493 e. The third-order valence-corrected chi connectivity index (χ3v) is 3.89. The zero-order valence-corrected chi connectivity index (χ0v) is 12.1. The van der Waals surface area contributed by atoms with Crippen LogP contribution in [0.5, 0.6) is 5.75 Å². The molecule has 108 valence electrons. The van der Waals surface area contributed by atoms with Crippen molar-refractivity contribution in [2.75, 3.05) is 13.2 Å². The van der Waals surface area contributed by atoms with Crippen LogP contribution in [-0.4, -0.2) is 19.1 Å². The number of hydrogen-bond donors (Lipinski definition) is 1. The Hall–Kier alpha value is -2.29. The largest absolute Gasteiger partial charge is 0.493 e. The molecule has 0 bridgehead atoms. The van der Waals surface area contributed by atoms with Crippen molar-refractivity contribution in [1.82, 2.24) is 5.32 Å². The molecule has 3 heteroatoms. The van der Waals surface area contributed by atoms with Crippen LogP contribution in [0.2, 0.25) is 0 Å². The van der Waals surface area contributed by atoms with Gasteiger partial charge in [-0.25, -0.2) is 0 Å². The number of amides is 1. The Balaban J connectivity index is 1.62. The van der Waals surface area contributed by atoms with E-state index in [-0.39, 0.29) is 5.91 Å². The Kier molecular flexibility index (Phi) is 3.91. The van der Waals surface area contributed by atoms with Gasteiger partial charge in [-0.1, -0.05) is 37.3 Å². The molecule has 0 aromatic heterocycles. The second-order valence-corrected chi connectivity index (χ2v) is 5.44. The summed E-state index contributed by atoms with van der Waals surface area (Å²) in [6.45, 7) is 3.47. The third kappa shape index (κ3) is 3.07. The van der Waals surface area contributed by atoms with Crippen LogP contribution < -0.4 is 10.1 Å². The third-order valence-electron chi connectivity index (χ3n) is 3.89. The molecule has 1 atom stereocenters. The van der Waals surface area contributed by atoms with E-state index in [2.05, 4.69) is 24.4 Å². The zero-order valence-electron chi connectivity index (χ0n) is 12.1. The molecular formula is C18H19NO2. The first kappa shape index (κ1) is 13.7. The highest BCUT2D eigenvalue weighted by atomic mass is 16.5. The average Bonchev–Trinajstić information content (AvgIpc) is 3.00. The standard InChI is InChI=1S/C18H19NO2/c1-13(14-5-3-2-4-6-14)12-19-18(20)16-7-8-17-15(11-16)9-10-21-17/h2-8,11,13H,9-10,12H2,1H3,(H,19,20). The van der Waals surface area contributed by atoms with Crippen molar-refractivity contribution < 1.29 is 9.53 Å². The number of fused-ring (bicyclic) bond motifs is 1. The molecular weight excluding hydrogens is 262 g/mol. The molecule has 0 radical (unpaired) electrons. The number of ether oxygens (including phenoxy) is 1. The number of carbonyl (C=O) groups is 1. The molecule has 3 rings (SSSR count). The summed E-state index contributed by atoms with van der Waals surface area (Å²) in [5.41, 5.74) is 3.07. The van der Waals surface area contributed by atoms with Crippen molar-refractivity contribution in [2.24, 2.45) is 0 Å². The zero-order chi connectivity index (χ0) is 14.7. The number of benzene rings is 2. The number of hydrogen-bond acceptors (Lipinski definition) is 2. The molecule has 0 saturated heterocycles. The number of nitrogens with one attached hydrogen (secondary N) is 1. The second kappa shape index (κ2) is 6.00. The molecule has 2 aromatic carbocycles. The van der Waals surface area contributed by atoms with Gasteiger partial charge in [0.15, 0.2) is 0 Å². The smallest absolute Gasteiger partial charge is 0.251 e.